The fourth-order valence-corrected chi connectivity index (χ4v) is 3.70. The van der Waals surface area contributed by atoms with Crippen LogP contribution in [0.2, 0.25) is 0 Å². The van der Waals surface area contributed by atoms with Crippen LogP contribution in [0.25, 0.3) is 0 Å². The molecule has 1 amide bonds. The zero-order valence-electron chi connectivity index (χ0n) is 17.2. The molecule has 1 N–H and O–H groups in total. The van der Waals surface area contributed by atoms with Gasteiger partial charge in [-0.1, -0.05) is 18.2 Å². The number of alkyl halides is 2. The third kappa shape index (κ3) is 5.03. The molecule has 0 aromatic heterocycles. The average Bonchev–Trinajstić information content (AvgIpc) is 2.97. The van der Waals surface area contributed by atoms with Gasteiger partial charge >= 0.3 is 6.09 Å². The van der Waals surface area contributed by atoms with Crippen molar-refractivity contribution in [2.24, 2.45) is 11.8 Å². The minimum Gasteiger partial charge on any atom is -0.444 e. The van der Waals surface area contributed by atoms with Crippen LogP contribution in [-0.4, -0.2) is 30.3 Å². The molecular weight excluding hydrogens is 399 g/mol. The highest BCUT2D eigenvalue weighted by molar-refractivity contribution is 5.69. The van der Waals surface area contributed by atoms with Crippen LogP contribution in [0.4, 0.5) is 18.0 Å². The highest BCUT2D eigenvalue weighted by Crippen LogP contribution is 2.48. The Bertz CT molecular complexity index is 853. The number of ether oxygens (including phenoxy) is 2. The smallest absolute Gasteiger partial charge is 0.408 e. The summed E-state index contributed by atoms with van der Waals surface area (Å²) in [6.07, 6.45) is -3.06. The molecule has 3 atom stereocenters. The molecule has 0 saturated carbocycles. The first-order valence-corrected chi connectivity index (χ1v) is 9.39. The second kappa shape index (κ2) is 8.53. The second-order valence-electron chi connectivity index (χ2n) is 8.42. The highest BCUT2D eigenvalue weighted by Gasteiger charge is 2.59. The van der Waals surface area contributed by atoms with Crippen molar-refractivity contribution in [1.29, 1.82) is 10.5 Å². The van der Waals surface area contributed by atoms with E-state index in [1.807, 2.05) is 0 Å². The number of hydrogen-bond donors (Lipinski definition) is 1. The lowest BCUT2D eigenvalue weighted by Gasteiger charge is -2.38. The lowest BCUT2D eigenvalue weighted by atomic mass is 9.72. The van der Waals surface area contributed by atoms with E-state index in [1.54, 1.807) is 32.9 Å². The number of nitriles is 2. The standard InChI is InChI=1S/C21H24F3N3O3/c1-19(2,3)30-18(28)27-21(14-7-5-6-8-16(14)22)12-29-17(20(4,23)24)15(21)9-13(10-25)11-26/h5-8,13,15,17H,9,12H2,1-4H3,(H,27,28)/t15-,17?,21-/m1/s1. The average molecular weight is 423 g/mol. The molecule has 1 heterocycles. The Kier molecular flexibility index (Phi) is 6.68. The lowest BCUT2D eigenvalue weighted by Crippen LogP contribution is -2.55. The van der Waals surface area contributed by atoms with Gasteiger partial charge in [0.15, 0.2) is 0 Å². The van der Waals surface area contributed by atoms with Gasteiger partial charge in [0.1, 0.15) is 29.0 Å². The minimum atomic E-state index is -3.37. The summed E-state index contributed by atoms with van der Waals surface area (Å²) in [4.78, 5) is 12.6. The first-order chi connectivity index (χ1) is 13.8. The molecule has 30 heavy (non-hydrogen) atoms. The summed E-state index contributed by atoms with van der Waals surface area (Å²) in [5.41, 5.74) is -2.74. The van der Waals surface area contributed by atoms with Crippen LogP contribution in [0.3, 0.4) is 0 Å². The molecule has 0 radical (unpaired) electrons. The molecule has 2 rings (SSSR count). The van der Waals surface area contributed by atoms with E-state index in [4.69, 9.17) is 9.47 Å². The molecule has 0 aliphatic carbocycles. The number of alkyl carbamates (subject to hydrolysis) is 1. The van der Waals surface area contributed by atoms with Crippen molar-refractivity contribution < 1.29 is 27.4 Å². The molecule has 1 saturated heterocycles. The Morgan fingerprint density at radius 1 is 1.30 bits per heavy atom. The maximum Gasteiger partial charge on any atom is 0.408 e. The van der Waals surface area contributed by atoms with Crippen molar-refractivity contribution in [1.82, 2.24) is 5.32 Å². The molecule has 1 fully saturated rings. The number of nitrogens with zero attached hydrogens (tertiary/aromatic N) is 2. The molecule has 0 spiro atoms. The predicted molar refractivity (Wildman–Crippen MR) is 101 cm³/mol. The number of amides is 1. The Morgan fingerprint density at radius 2 is 1.90 bits per heavy atom. The summed E-state index contributed by atoms with van der Waals surface area (Å²) in [6.45, 7) is 5.03. The van der Waals surface area contributed by atoms with Gasteiger partial charge in [0.25, 0.3) is 5.92 Å². The van der Waals surface area contributed by atoms with Gasteiger partial charge in [0, 0.05) is 18.4 Å². The van der Waals surface area contributed by atoms with Gasteiger partial charge in [-0.3, -0.25) is 0 Å². The number of carbonyl (C=O) groups excluding carboxylic acids is 1. The number of hydrogen-bond acceptors (Lipinski definition) is 5. The zero-order chi connectivity index (χ0) is 22.7. The molecule has 1 unspecified atom stereocenters. The summed E-state index contributed by atoms with van der Waals surface area (Å²) in [5.74, 6) is -6.64. The SMILES string of the molecule is CC(C)(C)OC(=O)N[C@@]1(c2ccccc2F)COC(C(C)(F)F)[C@H]1CC(C#N)C#N. The number of nitrogens with one attached hydrogen (secondary N) is 1. The van der Waals surface area contributed by atoms with E-state index in [0.717, 1.165) is 6.07 Å². The topological polar surface area (TPSA) is 95.1 Å². The van der Waals surface area contributed by atoms with Crippen LogP contribution < -0.4 is 5.32 Å². The Balaban J connectivity index is 2.62. The summed E-state index contributed by atoms with van der Waals surface area (Å²) >= 11 is 0. The van der Waals surface area contributed by atoms with Crippen LogP contribution in [-0.2, 0) is 15.0 Å². The van der Waals surface area contributed by atoms with Crippen molar-refractivity contribution in [3.63, 3.8) is 0 Å². The molecule has 1 aromatic carbocycles. The van der Waals surface area contributed by atoms with Gasteiger partial charge in [-0.25, -0.2) is 18.0 Å². The first-order valence-electron chi connectivity index (χ1n) is 9.39. The Labute approximate surface area is 173 Å². The van der Waals surface area contributed by atoms with Gasteiger partial charge in [0.2, 0.25) is 0 Å². The minimum absolute atomic E-state index is 0.0813. The Morgan fingerprint density at radius 3 is 2.40 bits per heavy atom. The molecule has 1 aromatic rings. The summed E-state index contributed by atoms with van der Waals surface area (Å²) in [7, 11) is 0. The second-order valence-corrected chi connectivity index (χ2v) is 8.42. The molecule has 0 bridgehead atoms. The van der Waals surface area contributed by atoms with E-state index < -0.39 is 53.5 Å². The summed E-state index contributed by atoms with van der Waals surface area (Å²) in [6, 6.07) is 8.90. The molecule has 9 heteroatoms. The van der Waals surface area contributed by atoms with Crippen molar-refractivity contribution in [2.45, 2.75) is 57.3 Å². The highest BCUT2D eigenvalue weighted by atomic mass is 19.3. The normalized spacial score (nSPS) is 24.2. The molecule has 1 aliphatic rings. The molecule has 162 valence electrons. The number of halogens is 3. The summed E-state index contributed by atoms with van der Waals surface area (Å²) < 4.78 is 54.2. The maximum absolute atomic E-state index is 14.8. The van der Waals surface area contributed by atoms with E-state index in [-0.39, 0.29) is 12.0 Å². The van der Waals surface area contributed by atoms with E-state index in [1.165, 1.54) is 18.2 Å². The van der Waals surface area contributed by atoms with Crippen LogP contribution >= 0.6 is 0 Å². The molecule has 6 nitrogen and oxygen atoms in total. The fraction of sp³-hybridized carbons (Fsp3) is 0.571. The van der Waals surface area contributed by atoms with E-state index in [0.29, 0.717) is 6.92 Å². The van der Waals surface area contributed by atoms with Gasteiger partial charge < -0.3 is 14.8 Å². The third-order valence-corrected chi connectivity index (χ3v) is 4.87. The van der Waals surface area contributed by atoms with Crippen LogP contribution in [0, 0.1) is 40.3 Å². The molecule has 1 aliphatic heterocycles. The van der Waals surface area contributed by atoms with Gasteiger partial charge in [-0.15, -0.1) is 0 Å². The van der Waals surface area contributed by atoms with Crippen LogP contribution in [0.1, 0.15) is 39.7 Å². The zero-order valence-corrected chi connectivity index (χ0v) is 17.2. The Hall–Kier alpha value is -2.78. The van der Waals surface area contributed by atoms with E-state index in [9.17, 15) is 28.5 Å². The number of carbonyl (C=O) groups is 1. The van der Waals surface area contributed by atoms with Crippen molar-refractivity contribution >= 4 is 6.09 Å². The lowest BCUT2D eigenvalue weighted by molar-refractivity contribution is -0.117. The van der Waals surface area contributed by atoms with Crippen molar-refractivity contribution in [3.05, 3.63) is 35.6 Å². The van der Waals surface area contributed by atoms with Crippen LogP contribution in [0.5, 0.6) is 0 Å². The van der Waals surface area contributed by atoms with Gasteiger partial charge in [-0.2, -0.15) is 10.5 Å². The summed E-state index contributed by atoms with van der Waals surface area (Å²) in [5, 5.41) is 21.0. The fourth-order valence-electron chi connectivity index (χ4n) is 3.70. The largest absolute Gasteiger partial charge is 0.444 e. The first kappa shape index (κ1) is 23.5. The van der Waals surface area contributed by atoms with Gasteiger partial charge in [-0.05, 0) is 33.3 Å². The monoisotopic (exact) mass is 423 g/mol. The van der Waals surface area contributed by atoms with Crippen molar-refractivity contribution in [2.75, 3.05) is 6.61 Å². The van der Waals surface area contributed by atoms with Gasteiger partial charge in [0.05, 0.1) is 18.7 Å². The third-order valence-electron chi connectivity index (χ3n) is 4.87. The van der Waals surface area contributed by atoms with Crippen LogP contribution in [0.15, 0.2) is 24.3 Å². The number of benzene rings is 1. The molecular formula is C21H24F3N3O3. The van der Waals surface area contributed by atoms with E-state index >= 15 is 0 Å². The number of rotatable bonds is 5. The maximum atomic E-state index is 14.8. The predicted octanol–water partition coefficient (Wildman–Crippen LogP) is 4.27. The van der Waals surface area contributed by atoms with Crippen molar-refractivity contribution in [3.8, 4) is 12.1 Å². The quantitative estimate of drug-likeness (QED) is 0.763. The van der Waals surface area contributed by atoms with E-state index in [2.05, 4.69) is 5.32 Å².